The Labute approximate surface area is 133 Å². The second-order valence-electron chi connectivity index (χ2n) is 6.80. The van der Waals surface area contributed by atoms with Gasteiger partial charge in [0.05, 0.1) is 19.4 Å². The van der Waals surface area contributed by atoms with Crippen LogP contribution in [0.1, 0.15) is 38.7 Å². The van der Waals surface area contributed by atoms with Gasteiger partial charge in [-0.2, -0.15) is 0 Å². The maximum Gasteiger partial charge on any atom is 0.142 e. The van der Waals surface area contributed by atoms with Gasteiger partial charge in [0.25, 0.3) is 0 Å². The second kappa shape index (κ2) is 7.42. The van der Waals surface area contributed by atoms with Crippen LogP contribution in [0.4, 0.5) is 0 Å². The van der Waals surface area contributed by atoms with Crippen LogP contribution in [0.25, 0.3) is 0 Å². The minimum atomic E-state index is 0.525. The molecule has 0 radical (unpaired) electrons. The quantitative estimate of drug-likeness (QED) is 0.802. The van der Waals surface area contributed by atoms with Crippen molar-refractivity contribution in [1.29, 1.82) is 0 Å². The number of nitrogens with zero attached hydrogens (tertiary/aromatic N) is 1. The summed E-state index contributed by atoms with van der Waals surface area (Å²) < 4.78 is 11.4. The van der Waals surface area contributed by atoms with Gasteiger partial charge in [-0.25, -0.2) is 0 Å². The number of aromatic nitrogens is 1. The van der Waals surface area contributed by atoms with E-state index in [1.807, 2.05) is 12.4 Å². The normalized spacial score (nSPS) is 28.5. The molecule has 4 heteroatoms. The smallest absolute Gasteiger partial charge is 0.142 e. The Balaban J connectivity index is 1.53. The lowest BCUT2D eigenvalue weighted by Gasteiger charge is -2.19. The van der Waals surface area contributed by atoms with Gasteiger partial charge in [0.15, 0.2) is 0 Å². The van der Waals surface area contributed by atoms with E-state index in [1.54, 1.807) is 0 Å². The van der Waals surface area contributed by atoms with Crippen molar-refractivity contribution in [3.05, 3.63) is 24.0 Å². The van der Waals surface area contributed by atoms with Crippen molar-refractivity contribution < 1.29 is 9.47 Å². The standard InChI is InChI=1S/C18H28N2O2/c1-3-17(16-8-13(16)2)20-9-15-4-6-19-10-18(15)22-12-14-5-7-21-11-14/h4,6,10,13-14,16-17,20H,3,5,7-9,11-12H2,1-2H3. The van der Waals surface area contributed by atoms with E-state index in [1.165, 1.54) is 18.4 Å². The molecule has 1 saturated heterocycles. The van der Waals surface area contributed by atoms with Crippen LogP contribution in [0, 0.1) is 17.8 Å². The lowest BCUT2D eigenvalue weighted by Crippen LogP contribution is -2.30. The monoisotopic (exact) mass is 304 g/mol. The van der Waals surface area contributed by atoms with E-state index in [9.17, 15) is 0 Å². The molecular formula is C18H28N2O2. The van der Waals surface area contributed by atoms with Crippen LogP contribution < -0.4 is 10.1 Å². The Hall–Kier alpha value is -1.13. The van der Waals surface area contributed by atoms with E-state index in [0.29, 0.717) is 12.0 Å². The van der Waals surface area contributed by atoms with E-state index in [2.05, 4.69) is 30.2 Å². The maximum absolute atomic E-state index is 6.00. The van der Waals surface area contributed by atoms with Gasteiger partial charge in [-0.3, -0.25) is 4.98 Å². The molecule has 4 unspecified atom stereocenters. The summed E-state index contributed by atoms with van der Waals surface area (Å²) in [6, 6.07) is 2.69. The number of ether oxygens (including phenoxy) is 2. The van der Waals surface area contributed by atoms with Crippen molar-refractivity contribution in [2.75, 3.05) is 19.8 Å². The largest absolute Gasteiger partial charge is 0.491 e. The van der Waals surface area contributed by atoms with Crippen LogP contribution >= 0.6 is 0 Å². The molecule has 1 saturated carbocycles. The summed E-state index contributed by atoms with van der Waals surface area (Å²) in [5.41, 5.74) is 1.21. The second-order valence-corrected chi connectivity index (χ2v) is 6.80. The lowest BCUT2D eigenvalue weighted by atomic mass is 10.1. The molecule has 1 N–H and O–H groups in total. The zero-order valence-corrected chi connectivity index (χ0v) is 13.8. The van der Waals surface area contributed by atoms with Crippen molar-refractivity contribution >= 4 is 0 Å². The molecule has 2 fully saturated rings. The van der Waals surface area contributed by atoms with E-state index in [0.717, 1.165) is 50.4 Å². The maximum atomic E-state index is 6.00. The third kappa shape index (κ3) is 3.99. The zero-order chi connectivity index (χ0) is 15.4. The van der Waals surface area contributed by atoms with Crippen molar-refractivity contribution in [1.82, 2.24) is 10.3 Å². The fraction of sp³-hybridized carbons (Fsp3) is 0.722. The topological polar surface area (TPSA) is 43.4 Å². The summed E-state index contributed by atoms with van der Waals surface area (Å²) in [6.45, 7) is 7.90. The Morgan fingerprint density at radius 2 is 2.36 bits per heavy atom. The first-order chi connectivity index (χ1) is 10.8. The highest BCUT2D eigenvalue weighted by atomic mass is 16.5. The van der Waals surface area contributed by atoms with Crippen molar-refractivity contribution in [3.63, 3.8) is 0 Å². The molecule has 0 bridgehead atoms. The van der Waals surface area contributed by atoms with E-state index >= 15 is 0 Å². The van der Waals surface area contributed by atoms with Gasteiger partial charge < -0.3 is 14.8 Å². The van der Waals surface area contributed by atoms with Gasteiger partial charge in [-0.1, -0.05) is 13.8 Å². The fourth-order valence-electron chi connectivity index (χ4n) is 3.36. The first kappa shape index (κ1) is 15.8. The first-order valence-corrected chi connectivity index (χ1v) is 8.64. The fourth-order valence-corrected chi connectivity index (χ4v) is 3.36. The molecule has 1 aromatic heterocycles. The number of rotatable bonds is 8. The van der Waals surface area contributed by atoms with Crippen molar-refractivity contribution in [2.24, 2.45) is 17.8 Å². The summed E-state index contributed by atoms with van der Waals surface area (Å²) in [5.74, 6) is 3.18. The first-order valence-electron chi connectivity index (χ1n) is 8.64. The molecule has 2 heterocycles. The van der Waals surface area contributed by atoms with Crippen molar-refractivity contribution in [3.8, 4) is 5.75 Å². The number of hydrogen-bond donors (Lipinski definition) is 1. The Kier molecular flexibility index (Phi) is 5.32. The summed E-state index contributed by atoms with van der Waals surface area (Å²) >= 11 is 0. The lowest BCUT2D eigenvalue weighted by molar-refractivity contribution is 0.166. The molecule has 0 aromatic carbocycles. The molecule has 2 aliphatic rings. The minimum Gasteiger partial charge on any atom is -0.491 e. The van der Waals surface area contributed by atoms with Crippen molar-refractivity contribution in [2.45, 2.75) is 45.7 Å². The van der Waals surface area contributed by atoms with Gasteiger partial charge in [-0.05, 0) is 37.2 Å². The van der Waals surface area contributed by atoms with Gasteiger partial charge in [0.1, 0.15) is 5.75 Å². The predicted octanol–water partition coefficient (Wildman–Crippen LogP) is 3.02. The average Bonchev–Trinajstić information content (AvgIpc) is 3.03. The Morgan fingerprint density at radius 1 is 1.50 bits per heavy atom. The van der Waals surface area contributed by atoms with Crippen LogP contribution in [0.3, 0.4) is 0 Å². The summed E-state index contributed by atoms with van der Waals surface area (Å²) in [5, 5.41) is 3.71. The molecule has 1 aromatic rings. The van der Waals surface area contributed by atoms with E-state index in [-0.39, 0.29) is 0 Å². The molecule has 4 nitrogen and oxygen atoms in total. The van der Waals surface area contributed by atoms with Gasteiger partial charge in [-0.15, -0.1) is 0 Å². The molecule has 3 rings (SSSR count). The molecule has 22 heavy (non-hydrogen) atoms. The highest BCUT2D eigenvalue weighted by molar-refractivity contribution is 5.29. The SMILES string of the molecule is CCC(NCc1ccncc1OCC1CCOC1)C1CC1C. The molecule has 1 aliphatic carbocycles. The molecule has 0 spiro atoms. The molecule has 0 amide bonds. The third-order valence-corrected chi connectivity index (χ3v) is 5.05. The highest BCUT2D eigenvalue weighted by Crippen LogP contribution is 2.41. The van der Waals surface area contributed by atoms with Crippen LogP contribution in [0.5, 0.6) is 5.75 Å². The zero-order valence-electron chi connectivity index (χ0n) is 13.8. The molecule has 122 valence electrons. The summed E-state index contributed by atoms with van der Waals surface area (Å²) in [4.78, 5) is 4.21. The highest BCUT2D eigenvalue weighted by Gasteiger charge is 2.38. The third-order valence-electron chi connectivity index (χ3n) is 5.05. The van der Waals surface area contributed by atoms with Gasteiger partial charge >= 0.3 is 0 Å². The molecule has 1 aliphatic heterocycles. The molecular weight excluding hydrogens is 276 g/mol. The summed E-state index contributed by atoms with van der Waals surface area (Å²) in [6.07, 6.45) is 7.35. The van der Waals surface area contributed by atoms with Crippen LogP contribution in [-0.4, -0.2) is 30.8 Å². The number of hydrogen-bond acceptors (Lipinski definition) is 4. The average molecular weight is 304 g/mol. The van der Waals surface area contributed by atoms with E-state index < -0.39 is 0 Å². The van der Waals surface area contributed by atoms with Crippen LogP contribution in [0.2, 0.25) is 0 Å². The Morgan fingerprint density at radius 3 is 3.05 bits per heavy atom. The number of pyridine rings is 1. The molecule has 4 atom stereocenters. The minimum absolute atomic E-state index is 0.525. The number of nitrogens with one attached hydrogen (secondary N) is 1. The predicted molar refractivity (Wildman–Crippen MR) is 86.8 cm³/mol. The van der Waals surface area contributed by atoms with Gasteiger partial charge in [0.2, 0.25) is 0 Å². The van der Waals surface area contributed by atoms with E-state index in [4.69, 9.17) is 9.47 Å². The van der Waals surface area contributed by atoms with Crippen LogP contribution in [0.15, 0.2) is 18.5 Å². The summed E-state index contributed by atoms with van der Waals surface area (Å²) in [7, 11) is 0. The van der Waals surface area contributed by atoms with Crippen LogP contribution in [-0.2, 0) is 11.3 Å². The Bertz CT molecular complexity index is 474. The van der Waals surface area contributed by atoms with Gasteiger partial charge in [0, 0.05) is 36.9 Å².